The zero-order chi connectivity index (χ0) is 37.3. The van der Waals surface area contributed by atoms with Crippen molar-refractivity contribution in [2.45, 2.75) is 114 Å². The number of hydrogen-bond acceptors (Lipinski definition) is 6. The van der Waals surface area contributed by atoms with Crippen molar-refractivity contribution < 1.29 is 30.0 Å². The van der Waals surface area contributed by atoms with Crippen LogP contribution < -0.4 is 0 Å². The molecule has 3 heterocycles. The fourth-order valence-corrected chi connectivity index (χ4v) is 9.07. The monoisotopic (exact) mass is 912 g/mol. The quantitative estimate of drug-likeness (QED) is 0.0845. The van der Waals surface area contributed by atoms with Crippen LogP contribution in [0.4, 0.5) is 0 Å². The molecule has 0 amide bonds. The minimum atomic E-state index is -0.337. The summed E-state index contributed by atoms with van der Waals surface area (Å²) in [5.41, 5.74) is 3.81. The number of aliphatic hydroxyl groups excluding tert-OH is 1. The predicted molar refractivity (Wildman–Crippen MR) is 222 cm³/mol. The molecule has 3 aromatic carbocycles. The summed E-state index contributed by atoms with van der Waals surface area (Å²) in [4.78, 5) is 23.2. The van der Waals surface area contributed by atoms with Gasteiger partial charge in [-0.05, 0) is 67.0 Å². The molecular weight excluding hydrogens is 857 g/mol. The van der Waals surface area contributed by atoms with Crippen LogP contribution in [-0.4, -0.2) is 20.9 Å². The zero-order valence-corrected chi connectivity index (χ0v) is 36.8. The smallest absolute Gasteiger partial charge is 0.164 e. The molecule has 3 aromatic heterocycles. The summed E-state index contributed by atoms with van der Waals surface area (Å²) in [5.74, 6) is 0.954. The number of aromatic nitrogens is 2. The normalized spacial score (nSPS) is 12.8. The molecule has 0 aliphatic rings. The number of ketones is 1. The van der Waals surface area contributed by atoms with Gasteiger partial charge in [0, 0.05) is 67.1 Å². The molecule has 1 N–H and O–H groups in total. The maximum absolute atomic E-state index is 12.2. The van der Waals surface area contributed by atoms with Gasteiger partial charge in [-0.25, -0.2) is 4.98 Å². The molecule has 6 aromatic rings. The minimum absolute atomic E-state index is 0. The summed E-state index contributed by atoms with van der Waals surface area (Å²) in [6.45, 7) is 23.5. The van der Waals surface area contributed by atoms with E-state index in [0.717, 1.165) is 59.0 Å². The number of carbonyl (C=O) groups excluding carboxylic acids is 1. The fraction of sp³-hybridized carbons (Fsp3) is 0.444. The Labute approximate surface area is 332 Å². The van der Waals surface area contributed by atoms with Gasteiger partial charge in [0.05, 0.1) is 5.52 Å². The first-order chi connectivity index (χ1) is 24.1. The van der Waals surface area contributed by atoms with E-state index in [-0.39, 0.29) is 47.9 Å². The van der Waals surface area contributed by atoms with Crippen LogP contribution in [0, 0.1) is 22.8 Å². The van der Waals surface area contributed by atoms with Gasteiger partial charge in [-0.15, -0.1) is 51.8 Å². The first-order valence-electron chi connectivity index (χ1n) is 18.6. The Hall–Kier alpha value is -2.96. The van der Waals surface area contributed by atoms with Crippen LogP contribution in [0.5, 0.6) is 0 Å². The molecule has 0 aliphatic carbocycles. The van der Waals surface area contributed by atoms with E-state index in [1.165, 1.54) is 42.1 Å². The number of rotatable bonds is 10. The van der Waals surface area contributed by atoms with Gasteiger partial charge in [0.2, 0.25) is 0 Å². The van der Waals surface area contributed by atoms with Crippen molar-refractivity contribution in [3.8, 4) is 11.3 Å². The summed E-state index contributed by atoms with van der Waals surface area (Å²) < 4.78 is 3.78. The molecule has 0 bridgehead atoms. The second-order valence-electron chi connectivity index (χ2n) is 16.0. The first-order valence-corrected chi connectivity index (χ1v) is 20.2. The third kappa shape index (κ3) is 8.54. The Kier molecular flexibility index (Phi) is 13.3. The maximum Gasteiger partial charge on any atom is 0.164 e. The molecule has 0 aliphatic heterocycles. The number of benzene rings is 3. The molecule has 1 radical (unpaired) electrons. The van der Waals surface area contributed by atoms with Crippen LogP contribution >= 0.6 is 22.7 Å². The van der Waals surface area contributed by atoms with Crippen molar-refractivity contribution >= 4 is 69.6 Å². The second-order valence-corrected chi connectivity index (χ2v) is 18.2. The van der Waals surface area contributed by atoms with E-state index in [9.17, 15) is 9.90 Å². The number of fused-ring (bicyclic) bond motifs is 5. The van der Waals surface area contributed by atoms with Gasteiger partial charge >= 0.3 is 0 Å². The van der Waals surface area contributed by atoms with E-state index < -0.39 is 0 Å². The topological polar surface area (TPSA) is 63.1 Å². The van der Waals surface area contributed by atoms with Crippen LogP contribution in [0.3, 0.4) is 0 Å². The zero-order valence-electron chi connectivity index (χ0n) is 32.8. The van der Waals surface area contributed by atoms with Crippen LogP contribution in [0.2, 0.25) is 0 Å². The summed E-state index contributed by atoms with van der Waals surface area (Å²) in [6.07, 6.45) is 7.60. The molecule has 6 rings (SSSR count). The predicted octanol–water partition coefficient (Wildman–Crippen LogP) is 13.8. The number of aliphatic hydroxyl groups is 1. The average Bonchev–Trinajstić information content (AvgIpc) is 3.67. The van der Waals surface area contributed by atoms with Gasteiger partial charge in [0.15, 0.2) is 5.78 Å². The van der Waals surface area contributed by atoms with Crippen LogP contribution in [0.15, 0.2) is 66.7 Å². The molecular formula is C45H55IrN2O2S2-. The number of hydrogen-bond donors (Lipinski definition) is 1. The Morgan fingerprint density at radius 3 is 2.12 bits per heavy atom. The Morgan fingerprint density at radius 2 is 1.50 bits per heavy atom. The van der Waals surface area contributed by atoms with Crippen molar-refractivity contribution in [3.63, 3.8) is 0 Å². The molecule has 0 spiro atoms. The van der Waals surface area contributed by atoms with E-state index in [4.69, 9.17) is 9.97 Å². The van der Waals surface area contributed by atoms with Crippen LogP contribution in [-0.2, 0) is 36.7 Å². The Bertz CT molecular complexity index is 2210. The van der Waals surface area contributed by atoms with Gasteiger partial charge in [-0.1, -0.05) is 105 Å². The molecule has 0 unspecified atom stereocenters. The molecule has 0 saturated carbocycles. The summed E-state index contributed by atoms with van der Waals surface area (Å²) in [6, 6.07) is 21.5. The van der Waals surface area contributed by atoms with Crippen molar-refractivity contribution in [3.05, 3.63) is 83.2 Å². The van der Waals surface area contributed by atoms with E-state index in [0.29, 0.717) is 5.92 Å². The fourth-order valence-electron chi connectivity index (χ4n) is 6.52. The summed E-state index contributed by atoms with van der Waals surface area (Å²) in [5, 5.41) is 15.1. The van der Waals surface area contributed by atoms with E-state index >= 15 is 0 Å². The molecule has 7 heteroatoms. The van der Waals surface area contributed by atoms with E-state index in [1.54, 1.807) is 17.7 Å². The van der Waals surface area contributed by atoms with Crippen molar-refractivity contribution in [2.24, 2.45) is 16.7 Å². The molecule has 0 atom stereocenters. The number of carbonyl (C=O) groups is 1. The van der Waals surface area contributed by atoms with Gasteiger partial charge in [-0.2, -0.15) is 0 Å². The van der Waals surface area contributed by atoms with E-state index in [2.05, 4.69) is 89.2 Å². The third-order valence-corrected chi connectivity index (χ3v) is 13.3. The third-order valence-electron chi connectivity index (χ3n) is 11.0. The number of allylic oxidation sites excluding steroid dienone is 2. The SMILES string of the molecule is CC(C)Cc1cc2cc3c(cc2s1)sc1c(-c2[c-]c4ccccc4c(C(C)(C)C)c2)ncnc13.CCC(C)(CC)C(=O)/C=C(\O)C(C)(CC)CC.[Ir]. The Morgan fingerprint density at radius 1 is 0.846 bits per heavy atom. The largest absolute Gasteiger partial charge is 0.512 e. The summed E-state index contributed by atoms with van der Waals surface area (Å²) >= 11 is 3.72. The van der Waals surface area contributed by atoms with Gasteiger partial charge in [0.1, 0.15) is 12.1 Å². The molecule has 0 saturated heterocycles. The standard InChI is InChI=1S/C30H27N2S2.C15H28O2.Ir/c1-17(2)10-21-12-19-13-23-26(15-25(19)33-21)34-29-27(31-16-32-28(23)29)20-11-18-8-6-7-9-22(18)24(14-20)30(3,4)5;1-7-14(5,8-2)12(16)11-13(17)15(6,9-3)10-4;/h6-9,12-17H,10H2,1-5H3;11,16H,7-10H2,1-6H3;/q-1;;/b;12-11-;. The molecule has 4 nitrogen and oxygen atoms in total. The minimum Gasteiger partial charge on any atom is -0.512 e. The second kappa shape index (κ2) is 16.6. The number of thiophene rings is 2. The first kappa shape index (κ1) is 41.8. The molecule has 52 heavy (non-hydrogen) atoms. The van der Waals surface area contributed by atoms with Crippen LogP contribution in [0.25, 0.3) is 52.4 Å². The van der Waals surface area contributed by atoms with Gasteiger partial charge in [0.25, 0.3) is 0 Å². The Balaban J connectivity index is 0.000000289. The average molecular weight is 912 g/mol. The van der Waals surface area contributed by atoms with Gasteiger partial charge < -0.3 is 5.11 Å². The van der Waals surface area contributed by atoms with Crippen molar-refractivity contribution in [1.82, 2.24) is 9.97 Å². The maximum atomic E-state index is 12.2. The van der Waals surface area contributed by atoms with Crippen molar-refractivity contribution in [1.29, 1.82) is 0 Å². The molecule has 0 fully saturated rings. The van der Waals surface area contributed by atoms with Gasteiger partial charge in [-0.3, -0.25) is 9.78 Å². The van der Waals surface area contributed by atoms with Crippen molar-refractivity contribution in [2.75, 3.05) is 0 Å². The number of nitrogens with zero attached hydrogens (tertiary/aromatic N) is 2. The van der Waals surface area contributed by atoms with E-state index in [1.807, 2.05) is 52.9 Å². The van der Waals surface area contributed by atoms with Crippen LogP contribution in [0.1, 0.15) is 112 Å². The molecule has 279 valence electrons. The summed E-state index contributed by atoms with van der Waals surface area (Å²) in [7, 11) is 0.